The van der Waals surface area contributed by atoms with E-state index in [1.165, 1.54) is 7.11 Å². The molecule has 0 spiro atoms. The van der Waals surface area contributed by atoms with Gasteiger partial charge in [-0.3, -0.25) is 9.35 Å². The number of rotatable bonds is 13. The fraction of sp³-hybridized carbons (Fsp3) is 0.567. The Balaban J connectivity index is 0.000000282. The monoisotopic (exact) mass is 640 g/mol. The Morgan fingerprint density at radius 2 is 1.72 bits per heavy atom. The van der Waals surface area contributed by atoms with Crippen molar-refractivity contribution in [1.29, 1.82) is 0 Å². The van der Waals surface area contributed by atoms with Crippen molar-refractivity contribution in [2.75, 3.05) is 32.6 Å². The first-order valence-electron chi connectivity index (χ1n) is 14.3. The number of benzene rings is 2. The minimum absolute atomic E-state index is 0.00411. The van der Waals surface area contributed by atoms with Crippen LogP contribution >= 0.6 is 0 Å². The van der Waals surface area contributed by atoms with Gasteiger partial charge in [0.2, 0.25) is 10.0 Å². The van der Waals surface area contributed by atoms with E-state index in [0.29, 0.717) is 44.8 Å². The molecule has 0 aromatic heterocycles. The van der Waals surface area contributed by atoms with Gasteiger partial charge in [-0.2, -0.15) is 8.42 Å². The van der Waals surface area contributed by atoms with Gasteiger partial charge in [0.15, 0.2) is 11.5 Å². The first-order chi connectivity index (χ1) is 20.0. The average Bonchev–Trinajstić information content (AvgIpc) is 3.25. The summed E-state index contributed by atoms with van der Waals surface area (Å²) in [6.45, 7) is 9.55. The van der Waals surface area contributed by atoms with Gasteiger partial charge in [0.05, 0.1) is 24.9 Å². The molecule has 2 bridgehead atoms. The number of hydrogen-bond acceptors (Lipinski definition) is 9. The predicted octanol–water partition coefficient (Wildman–Crippen LogP) is 3.61. The minimum atomic E-state index is -4.08. The zero-order valence-electron chi connectivity index (χ0n) is 25.5. The number of carbonyl (C=O) groups is 1. The van der Waals surface area contributed by atoms with E-state index >= 15 is 0 Å². The van der Waals surface area contributed by atoms with Gasteiger partial charge in [0.25, 0.3) is 10.1 Å². The van der Waals surface area contributed by atoms with Crippen molar-refractivity contribution < 1.29 is 40.4 Å². The summed E-state index contributed by atoms with van der Waals surface area (Å²) in [6, 6.07) is 12.7. The second-order valence-electron chi connectivity index (χ2n) is 11.7. The largest absolute Gasteiger partial charge is 0.495 e. The lowest BCUT2D eigenvalue weighted by Crippen LogP contribution is -2.42. The summed E-state index contributed by atoms with van der Waals surface area (Å²) >= 11 is 0. The second kappa shape index (κ2) is 13.9. The highest BCUT2D eigenvalue weighted by atomic mass is 32.2. The standard InChI is InChI=1S/C20H28N2O5S.C10H16O4S/c1-4-26-17-7-5-6-8-18(17)27-12-11-22-15(2)13-16-9-10-19(25-3)20(14-16)28(21,23)24;1-9(2)7-3-4-10(9,8(11)5-7)6-15(12,13)14/h5-10,14-15,22H,4,11-13H2,1-3H3,(H2,21,23,24);7H,3-6H2,1-2H3,(H,12,13,14)/t15-;7-,10-/m11/s1. The number of sulfonamides is 1. The summed E-state index contributed by atoms with van der Waals surface area (Å²) in [5.74, 6) is 1.59. The van der Waals surface area contributed by atoms with E-state index in [2.05, 4.69) is 5.32 Å². The van der Waals surface area contributed by atoms with Gasteiger partial charge in [0, 0.05) is 19.0 Å². The third-order valence-electron chi connectivity index (χ3n) is 8.65. The summed E-state index contributed by atoms with van der Waals surface area (Å²) in [6.07, 6.45) is 2.61. The summed E-state index contributed by atoms with van der Waals surface area (Å²) in [7, 11) is -6.50. The maximum absolute atomic E-state index is 11.9. The van der Waals surface area contributed by atoms with E-state index in [0.717, 1.165) is 17.7 Å². The molecule has 0 unspecified atom stereocenters. The fourth-order valence-corrected chi connectivity index (χ4v) is 8.27. The van der Waals surface area contributed by atoms with Crippen LogP contribution in [0.1, 0.15) is 52.5 Å². The summed E-state index contributed by atoms with van der Waals surface area (Å²) in [5.41, 5.74) is -0.266. The summed E-state index contributed by atoms with van der Waals surface area (Å²) in [4.78, 5) is 11.9. The predicted molar refractivity (Wildman–Crippen MR) is 164 cm³/mol. The Hall–Kier alpha value is -2.71. The van der Waals surface area contributed by atoms with Gasteiger partial charge in [-0.15, -0.1) is 0 Å². The number of ketones is 1. The highest BCUT2D eigenvalue weighted by Gasteiger charge is 2.65. The number of ether oxygens (including phenoxy) is 3. The molecule has 3 atom stereocenters. The number of Topliss-reactive ketones (excluding diaryl/α,β-unsaturated/α-hetero) is 1. The summed E-state index contributed by atoms with van der Waals surface area (Å²) in [5, 5.41) is 8.63. The first-order valence-corrected chi connectivity index (χ1v) is 17.5. The second-order valence-corrected chi connectivity index (χ2v) is 14.7. The molecule has 0 saturated heterocycles. The number of primary sulfonamides is 1. The first kappa shape index (κ1) is 34.8. The maximum Gasteiger partial charge on any atom is 0.265 e. The molecule has 2 aliphatic carbocycles. The average molecular weight is 641 g/mol. The lowest BCUT2D eigenvalue weighted by Gasteiger charge is -2.35. The Labute approximate surface area is 255 Å². The van der Waals surface area contributed by atoms with Crippen molar-refractivity contribution in [3.63, 3.8) is 0 Å². The molecule has 0 aliphatic heterocycles. The van der Waals surface area contributed by atoms with Gasteiger partial charge in [-0.1, -0.05) is 32.0 Å². The number of fused-ring (bicyclic) bond motifs is 2. The van der Waals surface area contributed by atoms with Crippen molar-refractivity contribution in [3.8, 4) is 17.2 Å². The van der Waals surface area contributed by atoms with Gasteiger partial charge in [-0.05, 0) is 74.3 Å². The quantitative estimate of drug-likeness (QED) is 0.217. The number of carbonyl (C=O) groups excluding carboxylic acids is 1. The molecule has 2 aromatic rings. The third kappa shape index (κ3) is 8.48. The zero-order valence-corrected chi connectivity index (χ0v) is 27.1. The number of methoxy groups -OCH3 is 1. The van der Waals surface area contributed by atoms with Crippen LogP contribution < -0.4 is 24.7 Å². The van der Waals surface area contributed by atoms with Crippen LogP contribution in [-0.2, 0) is 31.4 Å². The SMILES string of the molecule is CC1(C)[C@@H]2CC[C@@]1(CS(=O)(=O)O)C(=O)C2.CCOc1ccccc1OCCN[C@H](C)Cc1ccc(OC)c(S(N)(=O)=O)c1. The van der Waals surface area contributed by atoms with E-state index < -0.39 is 31.3 Å². The number of nitrogens with two attached hydrogens (primary N) is 1. The molecular formula is C30H44N2O9S2. The van der Waals surface area contributed by atoms with Crippen LogP contribution in [0.4, 0.5) is 0 Å². The zero-order chi connectivity index (χ0) is 32.1. The molecule has 4 rings (SSSR count). The molecule has 13 heteroatoms. The molecule has 0 amide bonds. The van der Waals surface area contributed by atoms with E-state index in [-0.39, 0.29) is 33.8 Å². The van der Waals surface area contributed by atoms with E-state index in [1.807, 2.05) is 58.0 Å². The molecule has 0 radical (unpaired) electrons. The number of hydrogen-bond donors (Lipinski definition) is 3. The van der Waals surface area contributed by atoms with Gasteiger partial charge in [-0.25, -0.2) is 13.6 Å². The maximum atomic E-state index is 11.9. The molecule has 2 aromatic carbocycles. The molecule has 2 aliphatic rings. The smallest absolute Gasteiger partial charge is 0.265 e. The lowest BCUT2D eigenvalue weighted by atomic mass is 9.70. The van der Waals surface area contributed by atoms with Gasteiger partial charge >= 0.3 is 0 Å². The van der Waals surface area contributed by atoms with Crippen LogP contribution in [0.15, 0.2) is 47.4 Å². The normalized spacial score (nSPS) is 21.6. The van der Waals surface area contributed by atoms with Crippen LogP contribution in [-0.4, -0.2) is 65.8 Å². The van der Waals surface area contributed by atoms with Crippen LogP contribution in [0.2, 0.25) is 0 Å². The van der Waals surface area contributed by atoms with Crippen molar-refractivity contribution in [2.45, 2.75) is 64.3 Å². The molecule has 240 valence electrons. The highest BCUT2D eigenvalue weighted by molar-refractivity contribution is 7.89. The highest BCUT2D eigenvalue weighted by Crippen LogP contribution is 2.64. The van der Waals surface area contributed by atoms with Crippen LogP contribution in [0.25, 0.3) is 0 Å². The topological polar surface area (TPSA) is 171 Å². The van der Waals surface area contributed by atoms with E-state index in [9.17, 15) is 21.6 Å². The van der Waals surface area contributed by atoms with Crippen molar-refractivity contribution in [3.05, 3.63) is 48.0 Å². The van der Waals surface area contributed by atoms with Crippen LogP contribution in [0.5, 0.6) is 17.2 Å². The third-order valence-corrected chi connectivity index (χ3v) is 10.4. The van der Waals surface area contributed by atoms with E-state index in [1.54, 1.807) is 12.1 Å². The lowest BCUT2D eigenvalue weighted by molar-refractivity contribution is -0.128. The molecule has 11 nitrogen and oxygen atoms in total. The molecule has 4 N–H and O–H groups in total. The number of para-hydroxylation sites is 2. The molecule has 43 heavy (non-hydrogen) atoms. The Bertz CT molecular complexity index is 1490. The van der Waals surface area contributed by atoms with E-state index in [4.69, 9.17) is 23.9 Å². The van der Waals surface area contributed by atoms with Crippen LogP contribution in [0.3, 0.4) is 0 Å². The Morgan fingerprint density at radius 1 is 1.07 bits per heavy atom. The molecule has 2 saturated carbocycles. The van der Waals surface area contributed by atoms with Gasteiger partial charge < -0.3 is 19.5 Å². The number of nitrogens with one attached hydrogen (secondary N) is 1. The minimum Gasteiger partial charge on any atom is -0.495 e. The van der Waals surface area contributed by atoms with Crippen LogP contribution in [0, 0.1) is 16.7 Å². The fourth-order valence-electron chi connectivity index (χ4n) is 6.23. The van der Waals surface area contributed by atoms with Crippen molar-refractivity contribution in [1.82, 2.24) is 5.32 Å². The Morgan fingerprint density at radius 3 is 2.23 bits per heavy atom. The molecule has 0 heterocycles. The Kier molecular flexibility index (Phi) is 11.3. The summed E-state index contributed by atoms with van der Waals surface area (Å²) < 4.78 is 70.8. The van der Waals surface area contributed by atoms with Crippen molar-refractivity contribution in [2.24, 2.45) is 21.9 Å². The molecular weight excluding hydrogens is 596 g/mol. The van der Waals surface area contributed by atoms with Gasteiger partial charge in [0.1, 0.15) is 23.0 Å². The molecule has 2 fully saturated rings. The van der Waals surface area contributed by atoms with Crippen molar-refractivity contribution >= 4 is 25.9 Å².